The number of ether oxygens (including phenoxy) is 1. The first-order chi connectivity index (χ1) is 11.9. The van der Waals surface area contributed by atoms with Crippen LogP contribution in [0.4, 0.5) is 0 Å². The molecule has 0 saturated carbocycles. The average Bonchev–Trinajstić information content (AvgIpc) is 2.91. The van der Waals surface area contributed by atoms with Crippen molar-refractivity contribution in [2.45, 2.75) is 46.0 Å². The van der Waals surface area contributed by atoms with Crippen molar-refractivity contribution in [3.63, 3.8) is 0 Å². The molecule has 1 unspecified atom stereocenters. The Balaban J connectivity index is 2.12. The third kappa shape index (κ3) is 3.19. The minimum absolute atomic E-state index is 0.208. The smallest absolute Gasteiger partial charge is 0.344 e. The number of carbonyl (C=O) groups excluding carboxylic acids is 1. The summed E-state index contributed by atoms with van der Waals surface area (Å²) in [6.45, 7) is 8.36. The molecular weight excluding hydrogens is 312 g/mol. The lowest BCUT2D eigenvalue weighted by Crippen LogP contribution is -1.99. The lowest BCUT2D eigenvalue weighted by atomic mass is 9.89. The number of carbonyl (C=O) groups is 1. The van der Waals surface area contributed by atoms with Crippen molar-refractivity contribution in [1.82, 2.24) is 0 Å². The van der Waals surface area contributed by atoms with Crippen LogP contribution < -0.4 is 0 Å². The van der Waals surface area contributed by atoms with E-state index in [9.17, 15) is 9.90 Å². The van der Waals surface area contributed by atoms with E-state index in [0.717, 1.165) is 28.7 Å². The lowest BCUT2D eigenvalue weighted by Gasteiger charge is -2.18. The molecule has 1 heterocycles. The first-order valence-electron chi connectivity index (χ1n) is 8.82. The van der Waals surface area contributed by atoms with Crippen LogP contribution in [-0.4, -0.2) is 11.1 Å². The maximum Gasteiger partial charge on any atom is 0.344 e. The lowest BCUT2D eigenvalue weighted by molar-refractivity contribution is 0.0717. The molecule has 0 radical (unpaired) electrons. The van der Waals surface area contributed by atoms with E-state index in [-0.39, 0.29) is 17.8 Å². The number of rotatable bonds is 4. The molecule has 1 atom stereocenters. The number of hydrogen-bond donors (Lipinski definition) is 1. The Labute approximate surface area is 149 Å². The van der Waals surface area contributed by atoms with Gasteiger partial charge in [0.25, 0.3) is 0 Å². The quantitative estimate of drug-likeness (QED) is 0.729. The van der Waals surface area contributed by atoms with Crippen molar-refractivity contribution in [3.8, 4) is 5.75 Å². The highest BCUT2D eigenvalue weighted by molar-refractivity contribution is 6.05. The van der Waals surface area contributed by atoms with E-state index < -0.39 is 0 Å². The summed E-state index contributed by atoms with van der Waals surface area (Å²) >= 11 is 0. The molecule has 0 amide bonds. The third-order valence-corrected chi connectivity index (χ3v) is 4.87. The van der Waals surface area contributed by atoms with Crippen molar-refractivity contribution >= 4 is 17.8 Å². The molecule has 1 aliphatic rings. The zero-order valence-corrected chi connectivity index (χ0v) is 15.2. The van der Waals surface area contributed by atoms with Gasteiger partial charge >= 0.3 is 5.97 Å². The minimum Gasteiger partial charge on any atom is -0.507 e. The molecular formula is C22H24O3. The molecule has 3 nitrogen and oxygen atoms in total. The van der Waals surface area contributed by atoms with Crippen molar-refractivity contribution < 1.29 is 14.6 Å². The number of fused-ring (bicyclic) bond motifs is 1. The summed E-state index contributed by atoms with van der Waals surface area (Å²) in [7, 11) is 0. The van der Waals surface area contributed by atoms with E-state index in [2.05, 4.69) is 27.7 Å². The van der Waals surface area contributed by atoms with Gasteiger partial charge < -0.3 is 9.84 Å². The van der Waals surface area contributed by atoms with Crippen LogP contribution in [0.5, 0.6) is 5.75 Å². The van der Waals surface area contributed by atoms with Crippen molar-refractivity contribution in [3.05, 3.63) is 64.2 Å². The van der Waals surface area contributed by atoms with Crippen LogP contribution in [-0.2, 0) is 4.74 Å². The van der Waals surface area contributed by atoms with Crippen LogP contribution in [0.3, 0.4) is 0 Å². The maximum atomic E-state index is 12.0. The molecule has 3 heteroatoms. The Morgan fingerprint density at radius 1 is 1.08 bits per heavy atom. The van der Waals surface area contributed by atoms with Gasteiger partial charge in [-0.25, -0.2) is 4.79 Å². The first-order valence-corrected chi connectivity index (χ1v) is 8.82. The Bertz CT molecular complexity index is 846. The number of esters is 1. The number of cyclic esters (lactones) is 1. The molecule has 1 aliphatic heterocycles. The molecule has 0 fully saturated rings. The predicted molar refractivity (Wildman–Crippen MR) is 101 cm³/mol. The van der Waals surface area contributed by atoms with Gasteiger partial charge in [-0.3, -0.25) is 0 Å². The molecule has 0 aliphatic carbocycles. The second kappa shape index (κ2) is 6.75. The Morgan fingerprint density at radius 2 is 1.72 bits per heavy atom. The predicted octanol–water partition coefficient (Wildman–Crippen LogP) is 5.70. The van der Waals surface area contributed by atoms with Gasteiger partial charge in [0.15, 0.2) is 0 Å². The van der Waals surface area contributed by atoms with Crippen molar-refractivity contribution in [1.29, 1.82) is 0 Å². The normalized spacial score (nSPS) is 16.2. The Morgan fingerprint density at radius 3 is 2.36 bits per heavy atom. The average molecular weight is 336 g/mol. The van der Waals surface area contributed by atoms with E-state index in [4.69, 9.17) is 4.74 Å². The summed E-state index contributed by atoms with van der Waals surface area (Å²) in [4.78, 5) is 12.0. The second-order valence-corrected chi connectivity index (χ2v) is 6.96. The summed E-state index contributed by atoms with van der Waals surface area (Å²) in [5.41, 5.74) is 4.22. The Hall–Kier alpha value is -2.55. The topological polar surface area (TPSA) is 46.5 Å². The minimum atomic E-state index is -0.313. The zero-order chi connectivity index (χ0) is 18.1. The molecule has 0 saturated heterocycles. The highest BCUT2D eigenvalue weighted by Crippen LogP contribution is 2.38. The molecule has 3 rings (SSSR count). The number of phenols is 1. The number of hydrogen-bond acceptors (Lipinski definition) is 3. The fraction of sp³-hybridized carbons (Fsp3) is 0.318. The molecule has 0 bridgehead atoms. The van der Waals surface area contributed by atoms with Gasteiger partial charge in [0.2, 0.25) is 0 Å². The zero-order valence-electron chi connectivity index (χ0n) is 15.2. The van der Waals surface area contributed by atoms with E-state index in [1.165, 1.54) is 0 Å². The molecule has 25 heavy (non-hydrogen) atoms. The van der Waals surface area contributed by atoms with Gasteiger partial charge in [-0.05, 0) is 59.2 Å². The third-order valence-electron chi connectivity index (χ3n) is 4.87. The molecule has 2 aromatic rings. The van der Waals surface area contributed by atoms with Crippen LogP contribution in [0.1, 0.15) is 78.6 Å². The molecule has 1 N–H and O–H groups in total. The van der Waals surface area contributed by atoms with Crippen LogP contribution in [0, 0.1) is 0 Å². The van der Waals surface area contributed by atoms with Crippen molar-refractivity contribution in [2.24, 2.45) is 0 Å². The van der Waals surface area contributed by atoms with Gasteiger partial charge in [-0.1, -0.05) is 45.9 Å². The van der Waals surface area contributed by atoms with Crippen LogP contribution in [0.15, 0.2) is 36.4 Å². The first kappa shape index (κ1) is 17.3. The summed E-state index contributed by atoms with van der Waals surface area (Å²) in [6.07, 6.45) is 2.84. The van der Waals surface area contributed by atoms with E-state index in [1.54, 1.807) is 6.07 Å². The van der Waals surface area contributed by atoms with Gasteiger partial charge in [-0.2, -0.15) is 0 Å². The summed E-state index contributed by atoms with van der Waals surface area (Å²) in [5.74, 6) is 1.10. The second-order valence-electron chi connectivity index (χ2n) is 6.96. The number of benzene rings is 2. The van der Waals surface area contributed by atoms with Crippen LogP contribution >= 0.6 is 0 Å². The monoisotopic (exact) mass is 336 g/mol. The van der Waals surface area contributed by atoms with Gasteiger partial charge in [0.05, 0.1) is 5.56 Å². The molecule has 2 aromatic carbocycles. The maximum absolute atomic E-state index is 12.0. The van der Waals surface area contributed by atoms with E-state index in [1.807, 2.05) is 36.4 Å². The molecule has 130 valence electrons. The SMILES string of the molecule is CCC(C)c1cc(/C=C2\OC(=O)c3ccccc32)cc(C(C)C)c1O. The summed E-state index contributed by atoms with van der Waals surface area (Å²) < 4.78 is 5.45. The van der Waals surface area contributed by atoms with E-state index in [0.29, 0.717) is 17.1 Å². The Kier molecular flexibility index (Phi) is 4.67. The van der Waals surface area contributed by atoms with Gasteiger partial charge in [-0.15, -0.1) is 0 Å². The largest absolute Gasteiger partial charge is 0.507 e. The molecule has 0 aromatic heterocycles. The van der Waals surface area contributed by atoms with Gasteiger partial charge in [0, 0.05) is 5.56 Å². The summed E-state index contributed by atoms with van der Waals surface area (Å²) in [5, 5.41) is 10.6. The highest BCUT2D eigenvalue weighted by Gasteiger charge is 2.26. The fourth-order valence-corrected chi connectivity index (χ4v) is 3.17. The van der Waals surface area contributed by atoms with Crippen LogP contribution in [0.2, 0.25) is 0 Å². The van der Waals surface area contributed by atoms with Gasteiger partial charge in [0.1, 0.15) is 11.5 Å². The fourth-order valence-electron chi connectivity index (χ4n) is 3.17. The summed E-state index contributed by atoms with van der Waals surface area (Å²) in [6, 6.07) is 11.4. The molecule has 0 spiro atoms. The number of aromatic hydroxyl groups is 1. The van der Waals surface area contributed by atoms with Crippen LogP contribution in [0.25, 0.3) is 11.8 Å². The van der Waals surface area contributed by atoms with E-state index >= 15 is 0 Å². The van der Waals surface area contributed by atoms with Crippen molar-refractivity contribution in [2.75, 3.05) is 0 Å². The standard InChI is InChI=1S/C22H24O3/c1-5-14(4)19-11-15(10-18(13(2)3)21(19)23)12-20-16-8-6-7-9-17(16)22(24)25-20/h6-14,23H,5H2,1-4H3/b20-12-. The highest BCUT2D eigenvalue weighted by atomic mass is 16.5. The number of phenolic OH excluding ortho intramolecular Hbond substituents is 1.